The van der Waals surface area contributed by atoms with Crippen LogP contribution in [0.4, 0.5) is 5.69 Å². The van der Waals surface area contributed by atoms with E-state index in [1.165, 1.54) is 21.1 Å². The predicted octanol–water partition coefficient (Wildman–Crippen LogP) is 0.478. The molecule has 3 amide bonds. The van der Waals surface area contributed by atoms with Crippen LogP contribution in [0.5, 0.6) is 5.75 Å². The number of hydrazone groups is 1. The number of anilines is 1. The molecule has 0 bridgehead atoms. The maximum Gasteiger partial charge on any atom is 0.354 e. The third kappa shape index (κ3) is 2.52. The van der Waals surface area contributed by atoms with E-state index in [9.17, 15) is 19.2 Å². The van der Waals surface area contributed by atoms with Crippen LogP contribution in [0.1, 0.15) is 19.8 Å². The van der Waals surface area contributed by atoms with Gasteiger partial charge in [0.15, 0.2) is 5.54 Å². The molecule has 3 rings (SSSR count). The first-order chi connectivity index (χ1) is 12.3. The van der Waals surface area contributed by atoms with Crippen LogP contribution in [-0.4, -0.2) is 54.2 Å². The van der Waals surface area contributed by atoms with Gasteiger partial charge in [-0.25, -0.2) is 14.7 Å². The fourth-order valence-corrected chi connectivity index (χ4v) is 3.23. The first-order valence-corrected chi connectivity index (χ1v) is 7.82. The van der Waals surface area contributed by atoms with E-state index in [4.69, 9.17) is 4.74 Å². The summed E-state index contributed by atoms with van der Waals surface area (Å²) in [6.45, 7) is 1.22. The fraction of sp³-hybridized carbons (Fsp3) is 0.353. The zero-order chi connectivity index (χ0) is 19.1. The molecule has 1 aromatic rings. The maximum absolute atomic E-state index is 13.1. The van der Waals surface area contributed by atoms with E-state index in [1.54, 1.807) is 24.3 Å². The molecule has 9 heteroatoms. The number of ether oxygens (including phenoxy) is 2. The van der Waals surface area contributed by atoms with Crippen molar-refractivity contribution in [1.29, 1.82) is 0 Å². The van der Waals surface area contributed by atoms with Crippen LogP contribution in [0.2, 0.25) is 0 Å². The molecule has 1 aromatic carbocycles. The SMILES string of the molecule is COC(=O)C1=NN(C(C)=O)C2(CC(=O)N(c3ccc(OC)cc3)C2=O)C1. The molecule has 0 saturated carbocycles. The van der Waals surface area contributed by atoms with Crippen molar-refractivity contribution in [2.75, 3.05) is 19.1 Å². The van der Waals surface area contributed by atoms with Crippen molar-refractivity contribution in [3.8, 4) is 5.75 Å². The highest BCUT2D eigenvalue weighted by Crippen LogP contribution is 2.40. The number of imide groups is 1. The summed E-state index contributed by atoms with van der Waals surface area (Å²) < 4.78 is 9.70. The minimum atomic E-state index is -1.54. The Bertz CT molecular complexity index is 831. The second kappa shape index (κ2) is 6.25. The van der Waals surface area contributed by atoms with Gasteiger partial charge in [0.2, 0.25) is 11.8 Å². The van der Waals surface area contributed by atoms with Crippen LogP contribution in [-0.2, 0) is 23.9 Å². The smallest absolute Gasteiger partial charge is 0.354 e. The first-order valence-electron chi connectivity index (χ1n) is 7.82. The summed E-state index contributed by atoms with van der Waals surface area (Å²) in [7, 11) is 2.68. The topological polar surface area (TPSA) is 106 Å². The van der Waals surface area contributed by atoms with Crippen molar-refractivity contribution in [1.82, 2.24) is 5.01 Å². The summed E-state index contributed by atoms with van der Waals surface area (Å²) >= 11 is 0. The minimum Gasteiger partial charge on any atom is -0.497 e. The Morgan fingerprint density at radius 1 is 1.12 bits per heavy atom. The average molecular weight is 359 g/mol. The van der Waals surface area contributed by atoms with Crippen molar-refractivity contribution in [3.05, 3.63) is 24.3 Å². The molecule has 1 fully saturated rings. The van der Waals surface area contributed by atoms with E-state index in [1.807, 2.05) is 0 Å². The molecule has 0 aliphatic carbocycles. The fourth-order valence-electron chi connectivity index (χ4n) is 3.23. The van der Waals surface area contributed by atoms with Gasteiger partial charge in [-0.2, -0.15) is 5.10 Å². The van der Waals surface area contributed by atoms with E-state index < -0.39 is 29.2 Å². The molecular weight excluding hydrogens is 342 g/mol. The van der Waals surface area contributed by atoms with Gasteiger partial charge in [0.05, 0.1) is 26.3 Å². The Balaban J connectivity index is 1.98. The van der Waals surface area contributed by atoms with E-state index in [-0.39, 0.29) is 18.6 Å². The van der Waals surface area contributed by atoms with Gasteiger partial charge in [-0.15, -0.1) is 0 Å². The molecule has 0 aromatic heterocycles. The lowest BCUT2D eigenvalue weighted by Crippen LogP contribution is -2.51. The standard InChI is InChI=1S/C17H17N3O6/c1-10(21)20-17(8-13(18-20)15(23)26-3)9-14(22)19(16(17)24)11-4-6-12(25-2)7-5-11/h4-7H,8-9H2,1-3H3. The number of benzene rings is 1. The van der Waals surface area contributed by atoms with Gasteiger partial charge in [-0.1, -0.05) is 0 Å². The third-order valence-corrected chi connectivity index (χ3v) is 4.43. The lowest BCUT2D eigenvalue weighted by atomic mass is 9.91. The van der Waals surface area contributed by atoms with Crippen LogP contribution in [0.3, 0.4) is 0 Å². The number of rotatable bonds is 3. The Morgan fingerprint density at radius 2 is 1.77 bits per heavy atom. The molecule has 0 radical (unpaired) electrons. The quantitative estimate of drug-likeness (QED) is 0.574. The Kier molecular flexibility index (Phi) is 4.23. The lowest BCUT2D eigenvalue weighted by Gasteiger charge is -2.28. The van der Waals surface area contributed by atoms with Gasteiger partial charge in [0.25, 0.3) is 5.91 Å². The van der Waals surface area contributed by atoms with Gasteiger partial charge >= 0.3 is 5.97 Å². The zero-order valence-corrected chi connectivity index (χ0v) is 14.5. The molecule has 2 aliphatic heterocycles. The second-order valence-electron chi connectivity index (χ2n) is 5.99. The number of carbonyl (C=O) groups excluding carboxylic acids is 4. The molecule has 136 valence electrons. The van der Waals surface area contributed by atoms with Crippen LogP contribution in [0.15, 0.2) is 29.4 Å². The summed E-state index contributed by atoms with van der Waals surface area (Å²) in [6, 6.07) is 6.38. The Hall–Kier alpha value is -3.23. The van der Waals surface area contributed by atoms with Gasteiger partial charge < -0.3 is 9.47 Å². The monoisotopic (exact) mass is 359 g/mol. The number of hydrogen-bond donors (Lipinski definition) is 0. The molecular formula is C17H17N3O6. The van der Waals surface area contributed by atoms with Crippen molar-refractivity contribution < 1.29 is 28.7 Å². The van der Waals surface area contributed by atoms with Crippen molar-refractivity contribution >= 4 is 35.1 Å². The normalized spacial score (nSPS) is 22.0. The highest BCUT2D eigenvalue weighted by molar-refractivity contribution is 6.39. The number of hydrogen-bond acceptors (Lipinski definition) is 7. The molecule has 2 aliphatic rings. The lowest BCUT2D eigenvalue weighted by molar-refractivity contribution is -0.141. The molecule has 1 unspecified atom stereocenters. The van der Waals surface area contributed by atoms with Gasteiger partial charge in [0.1, 0.15) is 11.5 Å². The summed E-state index contributed by atoms with van der Waals surface area (Å²) in [5.74, 6) is -1.79. The van der Waals surface area contributed by atoms with Crippen molar-refractivity contribution in [2.45, 2.75) is 25.3 Å². The highest BCUT2D eigenvalue weighted by Gasteiger charge is 2.61. The summed E-state index contributed by atoms with van der Waals surface area (Å²) in [5.41, 5.74) is -1.25. The van der Waals surface area contributed by atoms with Crippen LogP contribution < -0.4 is 9.64 Å². The van der Waals surface area contributed by atoms with Crippen molar-refractivity contribution in [3.63, 3.8) is 0 Å². The summed E-state index contributed by atoms with van der Waals surface area (Å²) in [6.07, 6.45) is -0.433. The Morgan fingerprint density at radius 3 is 2.31 bits per heavy atom. The number of carbonyl (C=O) groups is 4. The molecule has 1 saturated heterocycles. The molecule has 1 spiro atoms. The van der Waals surface area contributed by atoms with E-state index in [0.29, 0.717) is 11.4 Å². The third-order valence-electron chi connectivity index (χ3n) is 4.43. The predicted molar refractivity (Wildman–Crippen MR) is 89.4 cm³/mol. The average Bonchev–Trinajstić information content (AvgIpc) is 3.13. The number of methoxy groups -OCH3 is 2. The van der Waals surface area contributed by atoms with Gasteiger partial charge in [-0.3, -0.25) is 14.4 Å². The molecule has 0 N–H and O–H groups in total. The van der Waals surface area contributed by atoms with Crippen molar-refractivity contribution in [2.24, 2.45) is 5.10 Å². The van der Waals surface area contributed by atoms with Gasteiger partial charge in [-0.05, 0) is 24.3 Å². The van der Waals surface area contributed by atoms with Crippen LogP contribution >= 0.6 is 0 Å². The molecule has 9 nitrogen and oxygen atoms in total. The second-order valence-corrected chi connectivity index (χ2v) is 5.99. The number of amides is 3. The van der Waals surface area contributed by atoms with Crippen LogP contribution in [0.25, 0.3) is 0 Å². The molecule has 1 atom stereocenters. The first kappa shape index (κ1) is 17.6. The summed E-state index contributed by atoms with van der Waals surface area (Å²) in [5, 5.41) is 4.86. The number of nitrogens with zero attached hydrogens (tertiary/aromatic N) is 3. The zero-order valence-electron chi connectivity index (χ0n) is 14.5. The highest BCUT2D eigenvalue weighted by atomic mass is 16.5. The van der Waals surface area contributed by atoms with E-state index >= 15 is 0 Å². The summed E-state index contributed by atoms with van der Waals surface area (Å²) in [4.78, 5) is 50.5. The van der Waals surface area contributed by atoms with Gasteiger partial charge in [0, 0.05) is 13.3 Å². The van der Waals surface area contributed by atoms with Crippen LogP contribution in [0, 0.1) is 0 Å². The van der Waals surface area contributed by atoms with E-state index in [0.717, 1.165) is 9.91 Å². The maximum atomic E-state index is 13.1. The van der Waals surface area contributed by atoms with E-state index in [2.05, 4.69) is 9.84 Å². The molecule has 2 heterocycles. The number of esters is 1. The largest absolute Gasteiger partial charge is 0.497 e. The minimum absolute atomic E-state index is 0.0690. The Labute approximate surface area is 149 Å². The molecule has 26 heavy (non-hydrogen) atoms.